The van der Waals surface area contributed by atoms with Gasteiger partial charge < -0.3 is 14.8 Å². The molecule has 0 aromatic heterocycles. The molecule has 2 amide bonds. The molecule has 3 aromatic carbocycles. The van der Waals surface area contributed by atoms with Gasteiger partial charge in [0.15, 0.2) is 5.54 Å². The summed E-state index contributed by atoms with van der Waals surface area (Å²) in [6, 6.07) is 22.3. The third-order valence-electron chi connectivity index (χ3n) is 6.15. The van der Waals surface area contributed by atoms with Crippen LogP contribution in [0, 0.1) is 0 Å². The normalized spacial score (nSPS) is 17.5. The summed E-state index contributed by atoms with van der Waals surface area (Å²) in [5, 5.41) is 3.00. The molecule has 4 rings (SSSR count). The average molecular weight is 445 g/mol. The van der Waals surface area contributed by atoms with Crippen LogP contribution in [0.15, 0.2) is 72.8 Å². The molecule has 1 saturated heterocycles. The first-order valence-electron chi connectivity index (χ1n) is 10.9. The Morgan fingerprint density at radius 3 is 1.91 bits per heavy atom. The predicted molar refractivity (Wildman–Crippen MR) is 129 cm³/mol. The molecule has 6 nitrogen and oxygen atoms in total. The third-order valence-corrected chi connectivity index (χ3v) is 6.15. The van der Waals surface area contributed by atoms with E-state index in [0.717, 1.165) is 5.56 Å². The monoisotopic (exact) mass is 444 g/mol. The molecule has 1 N–H and O–H groups in total. The highest BCUT2D eigenvalue weighted by molar-refractivity contribution is 6.17. The highest BCUT2D eigenvalue weighted by atomic mass is 16.5. The number of anilines is 2. The molecular weight excluding hydrogens is 416 g/mol. The molecule has 1 atom stereocenters. The van der Waals surface area contributed by atoms with Crippen molar-refractivity contribution in [3.8, 4) is 11.5 Å². The molecule has 0 spiro atoms. The minimum Gasteiger partial charge on any atom is -0.497 e. The van der Waals surface area contributed by atoms with Gasteiger partial charge in [0.05, 0.1) is 20.6 Å². The van der Waals surface area contributed by atoms with Crippen molar-refractivity contribution in [2.75, 3.05) is 24.4 Å². The summed E-state index contributed by atoms with van der Waals surface area (Å²) in [5.41, 5.74) is 2.07. The standard InChI is InChI=1S/C27H28N2O4/c1-18(2)19-5-7-20(8-6-19)27(26(31)28-21-9-13-23(32-3)14-10-21)17-25(30)29(27)22-11-15-24(33-4)16-12-22/h5-16,18H,17H2,1-4H3,(H,28,31). The molecule has 1 unspecified atom stereocenters. The Kier molecular flexibility index (Phi) is 6.09. The van der Waals surface area contributed by atoms with Crippen LogP contribution < -0.4 is 19.7 Å². The van der Waals surface area contributed by atoms with Gasteiger partial charge in [0.2, 0.25) is 5.91 Å². The van der Waals surface area contributed by atoms with Gasteiger partial charge in [0.25, 0.3) is 5.91 Å². The van der Waals surface area contributed by atoms with Gasteiger partial charge in [-0.25, -0.2) is 0 Å². The second-order valence-electron chi connectivity index (χ2n) is 8.42. The molecule has 1 heterocycles. The van der Waals surface area contributed by atoms with E-state index in [1.807, 2.05) is 24.3 Å². The number of benzene rings is 3. The molecular formula is C27H28N2O4. The molecule has 170 valence electrons. The smallest absolute Gasteiger partial charge is 0.255 e. The van der Waals surface area contributed by atoms with Crippen molar-refractivity contribution in [1.29, 1.82) is 0 Å². The summed E-state index contributed by atoms with van der Waals surface area (Å²) in [7, 11) is 3.18. The van der Waals surface area contributed by atoms with Crippen molar-refractivity contribution in [2.24, 2.45) is 0 Å². The number of carbonyl (C=O) groups is 2. The summed E-state index contributed by atoms with van der Waals surface area (Å²) in [4.78, 5) is 28.2. The first-order valence-corrected chi connectivity index (χ1v) is 10.9. The number of methoxy groups -OCH3 is 2. The Morgan fingerprint density at radius 1 is 0.879 bits per heavy atom. The van der Waals surface area contributed by atoms with E-state index >= 15 is 0 Å². The fourth-order valence-electron chi connectivity index (χ4n) is 4.19. The second-order valence-corrected chi connectivity index (χ2v) is 8.42. The summed E-state index contributed by atoms with van der Waals surface area (Å²) in [6.45, 7) is 4.25. The van der Waals surface area contributed by atoms with Crippen LogP contribution in [-0.4, -0.2) is 26.0 Å². The molecule has 0 saturated carbocycles. The van der Waals surface area contributed by atoms with Gasteiger partial charge in [-0.05, 0) is 65.6 Å². The summed E-state index contributed by atoms with van der Waals surface area (Å²) in [6.07, 6.45) is 0.0854. The molecule has 0 bridgehead atoms. The van der Waals surface area contributed by atoms with E-state index in [2.05, 4.69) is 19.2 Å². The van der Waals surface area contributed by atoms with Crippen molar-refractivity contribution in [3.05, 3.63) is 83.9 Å². The van der Waals surface area contributed by atoms with Crippen LogP contribution in [0.4, 0.5) is 11.4 Å². The largest absolute Gasteiger partial charge is 0.497 e. The first kappa shape index (κ1) is 22.4. The van der Waals surface area contributed by atoms with Crippen LogP contribution in [0.2, 0.25) is 0 Å². The molecule has 3 aromatic rings. The van der Waals surface area contributed by atoms with E-state index in [-0.39, 0.29) is 18.2 Å². The topological polar surface area (TPSA) is 67.9 Å². The number of amides is 2. The van der Waals surface area contributed by atoms with Gasteiger partial charge in [-0.2, -0.15) is 0 Å². The second kappa shape index (κ2) is 8.98. The number of hydrogen-bond acceptors (Lipinski definition) is 4. The van der Waals surface area contributed by atoms with Gasteiger partial charge in [0, 0.05) is 11.4 Å². The lowest BCUT2D eigenvalue weighted by atomic mass is 9.75. The number of hydrogen-bond donors (Lipinski definition) is 1. The van der Waals surface area contributed by atoms with Gasteiger partial charge in [0.1, 0.15) is 11.5 Å². The van der Waals surface area contributed by atoms with Gasteiger partial charge >= 0.3 is 0 Å². The highest BCUT2D eigenvalue weighted by Crippen LogP contribution is 2.46. The van der Waals surface area contributed by atoms with E-state index in [1.54, 1.807) is 67.7 Å². The summed E-state index contributed by atoms with van der Waals surface area (Å²) >= 11 is 0. The number of β-lactam (4-membered cyclic amide) rings is 1. The average Bonchev–Trinajstić information content (AvgIpc) is 2.83. The zero-order valence-corrected chi connectivity index (χ0v) is 19.3. The molecule has 1 aliphatic rings. The number of carbonyl (C=O) groups excluding carboxylic acids is 2. The quantitative estimate of drug-likeness (QED) is 0.515. The van der Waals surface area contributed by atoms with E-state index in [1.165, 1.54) is 5.56 Å². The van der Waals surface area contributed by atoms with Crippen molar-refractivity contribution in [1.82, 2.24) is 0 Å². The Labute approximate surface area is 194 Å². The van der Waals surface area contributed by atoms with Crippen molar-refractivity contribution in [3.63, 3.8) is 0 Å². The number of nitrogens with zero attached hydrogens (tertiary/aromatic N) is 1. The predicted octanol–water partition coefficient (Wildman–Crippen LogP) is 5.10. The van der Waals surface area contributed by atoms with Gasteiger partial charge in [-0.1, -0.05) is 38.1 Å². The SMILES string of the molecule is COc1ccc(NC(=O)C2(c3ccc(C(C)C)cc3)CC(=O)N2c2ccc(OC)cc2)cc1. The van der Waals surface area contributed by atoms with Crippen molar-refractivity contribution < 1.29 is 19.1 Å². The Balaban J connectivity index is 1.75. The number of nitrogens with one attached hydrogen (secondary N) is 1. The van der Waals surface area contributed by atoms with Crippen molar-refractivity contribution >= 4 is 23.2 Å². The zero-order valence-electron chi connectivity index (χ0n) is 19.3. The molecule has 0 radical (unpaired) electrons. The van der Waals surface area contributed by atoms with Gasteiger partial charge in [-0.15, -0.1) is 0 Å². The maximum Gasteiger partial charge on any atom is 0.255 e. The zero-order chi connectivity index (χ0) is 23.6. The lowest BCUT2D eigenvalue weighted by Gasteiger charge is -2.50. The van der Waals surface area contributed by atoms with Crippen LogP contribution in [0.3, 0.4) is 0 Å². The number of rotatable bonds is 7. The minimum atomic E-state index is -1.15. The summed E-state index contributed by atoms with van der Waals surface area (Å²) in [5.74, 6) is 1.37. The van der Waals surface area contributed by atoms with Gasteiger partial charge in [-0.3, -0.25) is 14.5 Å². The number of ether oxygens (including phenoxy) is 2. The van der Waals surface area contributed by atoms with E-state index in [9.17, 15) is 9.59 Å². The molecule has 33 heavy (non-hydrogen) atoms. The maximum atomic E-state index is 13.8. The molecule has 1 aliphatic heterocycles. The molecule has 6 heteroatoms. The van der Waals surface area contributed by atoms with Crippen LogP contribution in [0.1, 0.15) is 37.3 Å². The van der Waals surface area contributed by atoms with E-state index in [0.29, 0.717) is 28.8 Å². The fourth-order valence-corrected chi connectivity index (χ4v) is 4.19. The lowest BCUT2D eigenvalue weighted by molar-refractivity contribution is -0.137. The highest BCUT2D eigenvalue weighted by Gasteiger charge is 2.58. The van der Waals surface area contributed by atoms with Crippen LogP contribution in [-0.2, 0) is 15.1 Å². The van der Waals surface area contributed by atoms with Crippen molar-refractivity contribution in [2.45, 2.75) is 31.7 Å². The minimum absolute atomic E-state index is 0.0854. The molecule has 0 aliphatic carbocycles. The lowest BCUT2D eigenvalue weighted by Crippen LogP contribution is -2.67. The molecule has 1 fully saturated rings. The van der Waals surface area contributed by atoms with E-state index < -0.39 is 5.54 Å². The Hall–Kier alpha value is -3.80. The Morgan fingerprint density at radius 2 is 1.42 bits per heavy atom. The summed E-state index contributed by atoms with van der Waals surface area (Å²) < 4.78 is 10.5. The van der Waals surface area contributed by atoms with E-state index in [4.69, 9.17) is 9.47 Å². The maximum absolute atomic E-state index is 13.8. The third kappa shape index (κ3) is 4.04. The van der Waals surface area contributed by atoms with Crippen LogP contribution >= 0.6 is 0 Å². The first-order chi connectivity index (χ1) is 15.9. The van der Waals surface area contributed by atoms with Crippen LogP contribution in [0.25, 0.3) is 0 Å². The van der Waals surface area contributed by atoms with Crippen LogP contribution in [0.5, 0.6) is 11.5 Å². The fraction of sp³-hybridized carbons (Fsp3) is 0.259. The Bertz CT molecular complexity index is 1140.